The van der Waals surface area contributed by atoms with E-state index in [1.807, 2.05) is 6.92 Å². The van der Waals surface area contributed by atoms with Crippen LogP contribution in [0.4, 0.5) is 0 Å². The Bertz CT molecular complexity index is 1570. The summed E-state index contributed by atoms with van der Waals surface area (Å²) < 4.78 is 36.4. The third-order valence-electron chi connectivity index (χ3n) is 16.8. The summed E-state index contributed by atoms with van der Waals surface area (Å²) in [7, 11) is 0. The smallest absolute Gasteiger partial charge is 0.187 e. The minimum Gasteiger partial charge on any atom is -0.394 e. The molecule has 19 heteroatoms. The fourth-order valence-corrected chi connectivity index (χ4v) is 13.1. The molecule has 3 aliphatic heterocycles. The average Bonchev–Trinajstić information content (AvgIpc) is 3.56. The summed E-state index contributed by atoms with van der Waals surface area (Å²) in [4.78, 5) is 0. The van der Waals surface area contributed by atoms with Crippen molar-refractivity contribution in [1.82, 2.24) is 0 Å². The molecule has 3 saturated carbocycles. The summed E-state index contributed by atoms with van der Waals surface area (Å²) in [6.45, 7) is 8.79. The lowest BCUT2D eigenvalue weighted by molar-refractivity contribution is -0.342. The molecular weight excluding hydrogens is 844 g/mol. The predicted octanol–water partition coefficient (Wildman–Crippen LogP) is -2.23. The first kappa shape index (κ1) is 50.8. The fraction of sp³-hybridized carbons (Fsp3) is 0.956. The third kappa shape index (κ3) is 9.25. The van der Waals surface area contributed by atoms with Crippen molar-refractivity contribution in [3.8, 4) is 0 Å². The van der Waals surface area contributed by atoms with Crippen LogP contribution in [0.3, 0.4) is 0 Å². The van der Waals surface area contributed by atoms with Gasteiger partial charge < -0.3 is 94.8 Å². The van der Waals surface area contributed by atoms with Crippen LogP contribution < -0.4 is 0 Å². The second-order valence-electron chi connectivity index (χ2n) is 21.0. The normalized spacial score (nSPS) is 51.8. The molecule has 370 valence electrons. The van der Waals surface area contributed by atoms with Crippen molar-refractivity contribution in [2.45, 2.75) is 203 Å². The van der Waals surface area contributed by atoms with E-state index in [0.29, 0.717) is 31.6 Å². The van der Waals surface area contributed by atoms with Gasteiger partial charge >= 0.3 is 0 Å². The molecule has 3 saturated heterocycles. The Morgan fingerprint density at radius 3 is 1.81 bits per heavy atom. The average molecular weight is 921 g/mol. The van der Waals surface area contributed by atoms with Crippen LogP contribution in [0, 0.1) is 46.3 Å². The van der Waals surface area contributed by atoms with Gasteiger partial charge in [-0.3, -0.25) is 0 Å². The Balaban J connectivity index is 1.13. The zero-order valence-electron chi connectivity index (χ0n) is 37.6. The van der Waals surface area contributed by atoms with Crippen molar-refractivity contribution in [2.75, 3.05) is 19.8 Å². The lowest BCUT2D eigenvalue weighted by Gasteiger charge is -2.60. The molecule has 0 radical (unpaired) electrons. The van der Waals surface area contributed by atoms with Crippen LogP contribution in [-0.2, 0) is 28.4 Å². The molecule has 0 aromatic carbocycles. The summed E-state index contributed by atoms with van der Waals surface area (Å²) in [5.74, 6) is -0.0300. The van der Waals surface area contributed by atoms with Crippen LogP contribution in [0.1, 0.15) is 86.0 Å². The molecule has 0 spiro atoms. The lowest BCUT2D eigenvalue weighted by atomic mass is 9.46. The number of hydrogen-bond acceptors (Lipinski definition) is 19. The Morgan fingerprint density at radius 2 is 1.22 bits per heavy atom. The maximum atomic E-state index is 11.7. The van der Waals surface area contributed by atoms with Crippen molar-refractivity contribution < 1.29 is 94.8 Å². The second kappa shape index (κ2) is 20.1. The first-order valence-electron chi connectivity index (χ1n) is 23.5. The topological polar surface area (TPSA) is 318 Å². The minimum absolute atomic E-state index is 0.0162. The summed E-state index contributed by atoms with van der Waals surface area (Å²) in [5, 5.41) is 139. The van der Waals surface area contributed by atoms with Gasteiger partial charge in [-0.15, -0.1) is 0 Å². The van der Waals surface area contributed by atoms with Gasteiger partial charge in [-0.25, -0.2) is 0 Å². The summed E-state index contributed by atoms with van der Waals surface area (Å²) in [6, 6.07) is 0. The van der Waals surface area contributed by atoms with Gasteiger partial charge in [-0.1, -0.05) is 46.3 Å². The van der Waals surface area contributed by atoms with Gasteiger partial charge in [0.05, 0.1) is 44.2 Å². The van der Waals surface area contributed by atoms with Gasteiger partial charge in [0.2, 0.25) is 0 Å². The fourth-order valence-electron chi connectivity index (χ4n) is 13.1. The largest absolute Gasteiger partial charge is 0.394 e. The highest BCUT2D eigenvalue weighted by Gasteiger charge is 2.65. The number of aliphatic hydroxyl groups excluding tert-OH is 13. The van der Waals surface area contributed by atoms with E-state index in [1.54, 1.807) is 0 Å². The van der Waals surface area contributed by atoms with Crippen molar-refractivity contribution in [3.05, 3.63) is 11.6 Å². The number of hydrogen-bond donors (Lipinski definition) is 13. The number of aliphatic hydroxyl groups is 13. The molecule has 26 atom stereocenters. The number of fused-ring (bicyclic) bond motifs is 5. The lowest BCUT2D eigenvalue weighted by Crippen LogP contribution is -2.63. The second-order valence-corrected chi connectivity index (χ2v) is 21.0. The number of ether oxygens (including phenoxy) is 6. The van der Waals surface area contributed by atoms with Gasteiger partial charge in [-0.2, -0.15) is 0 Å². The molecule has 7 rings (SSSR count). The van der Waals surface area contributed by atoms with Gasteiger partial charge in [-0.05, 0) is 85.9 Å². The SMILES string of the molecule is CC(C)CC[C@H](O)[C@@H](C)[C@H]1[C@@H](O[C@@H]2O[C@H](CO)[C@@H](O)[C@H](O)[C@H]2O)C[C@H]2[C@@H]3CC=C4C[C@@H](O)C[C@@H](O[C@@H]5O[C@H](CO[C@@H]6O[C@H](CO)[C@H](O)[C@H](O)[C@H]6O)[C@@H](O)[C@H](O)[C@H]5O)[C@]4(C)[C@H]3CC[C@@]12C. The summed E-state index contributed by atoms with van der Waals surface area (Å²) >= 11 is 0. The minimum atomic E-state index is -1.76. The first-order chi connectivity index (χ1) is 30.2. The van der Waals surface area contributed by atoms with E-state index in [1.165, 1.54) is 0 Å². The van der Waals surface area contributed by atoms with Crippen LogP contribution in [0.25, 0.3) is 0 Å². The van der Waals surface area contributed by atoms with Crippen LogP contribution in [0.2, 0.25) is 0 Å². The van der Waals surface area contributed by atoms with Gasteiger partial charge in [0.25, 0.3) is 0 Å². The zero-order valence-corrected chi connectivity index (χ0v) is 37.6. The van der Waals surface area contributed by atoms with Crippen molar-refractivity contribution in [3.63, 3.8) is 0 Å². The maximum Gasteiger partial charge on any atom is 0.187 e. The van der Waals surface area contributed by atoms with E-state index in [-0.39, 0.29) is 41.4 Å². The van der Waals surface area contributed by atoms with E-state index in [2.05, 4.69) is 33.8 Å². The Labute approximate surface area is 374 Å². The van der Waals surface area contributed by atoms with Crippen molar-refractivity contribution in [1.29, 1.82) is 0 Å². The van der Waals surface area contributed by atoms with Gasteiger partial charge in [0.1, 0.15) is 73.2 Å². The number of allylic oxidation sites excluding steroid dienone is 1. The van der Waals surface area contributed by atoms with E-state index in [9.17, 15) is 66.4 Å². The van der Waals surface area contributed by atoms with Gasteiger partial charge in [0, 0.05) is 11.8 Å². The van der Waals surface area contributed by atoms with Crippen molar-refractivity contribution in [2.24, 2.45) is 46.3 Å². The molecule has 0 amide bonds. The highest BCUT2D eigenvalue weighted by molar-refractivity contribution is 5.28. The summed E-state index contributed by atoms with van der Waals surface area (Å²) in [5.41, 5.74) is -0.0819. The van der Waals surface area contributed by atoms with Crippen molar-refractivity contribution >= 4 is 0 Å². The maximum absolute atomic E-state index is 11.7. The number of rotatable bonds is 14. The van der Waals surface area contributed by atoms with E-state index < -0.39 is 142 Å². The quantitative estimate of drug-likeness (QED) is 0.0821. The molecule has 0 bridgehead atoms. The molecule has 19 nitrogen and oxygen atoms in total. The molecule has 6 fully saturated rings. The van der Waals surface area contributed by atoms with Crippen LogP contribution >= 0.6 is 0 Å². The Morgan fingerprint density at radius 1 is 0.672 bits per heavy atom. The third-order valence-corrected chi connectivity index (χ3v) is 16.8. The molecule has 0 aromatic heterocycles. The highest BCUT2D eigenvalue weighted by Crippen LogP contribution is 2.68. The standard InChI is InChI=1S/C45H76O19/c1-18(2)6-9-25(49)19(3)31-26(60-42-39(57)36(54)33(51)28(16-47)62-42)14-24-22-8-7-20-12-21(48)13-30(45(20,5)23(22)10-11-44(24,31)4)64-43-40(58)37(55)34(52)29(63-43)17-59-41-38(56)35(53)32(50)27(15-46)61-41/h7,18-19,21-43,46-58H,6,8-17H2,1-5H3/t19-,21-,22-,23+,24+,25+,26+,27-,28-,29-,30-,31+,32+,33-,34-,35+,36+,37+,38-,39-,40-,41-,42-,43+,44-,45+/m1/s1. The van der Waals surface area contributed by atoms with Gasteiger partial charge in [0.15, 0.2) is 18.9 Å². The monoisotopic (exact) mass is 920 g/mol. The predicted molar refractivity (Wildman–Crippen MR) is 221 cm³/mol. The Hall–Kier alpha value is -1.02. The van der Waals surface area contributed by atoms with E-state index >= 15 is 0 Å². The van der Waals surface area contributed by atoms with Crippen LogP contribution in [0.15, 0.2) is 11.6 Å². The van der Waals surface area contributed by atoms with Crippen LogP contribution in [-0.4, -0.2) is 203 Å². The molecular formula is C45H76O19. The molecule has 64 heavy (non-hydrogen) atoms. The zero-order chi connectivity index (χ0) is 46.7. The molecule has 0 unspecified atom stereocenters. The Kier molecular flexibility index (Phi) is 16.0. The molecule has 4 aliphatic carbocycles. The molecule has 13 N–H and O–H groups in total. The van der Waals surface area contributed by atoms with Crippen LogP contribution in [0.5, 0.6) is 0 Å². The summed E-state index contributed by atoms with van der Waals surface area (Å²) in [6.07, 6.45) is -19.1. The molecule has 3 heterocycles. The first-order valence-corrected chi connectivity index (χ1v) is 23.5. The molecule has 0 aromatic rings. The highest BCUT2D eigenvalue weighted by atomic mass is 16.7. The molecule has 7 aliphatic rings. The van der Waals surface area contributed by atoms with E-state index in [0.717, 1.165) is 24.8 Å². The van der Waals surface area contributed by atoms with E-state index in [4.69, 9.17) is 28.4 Å².